The molecule has 1 saturated heterocycles. The van der Waals surface area contributed by atoms with Gasteiger partial charge in [-0.2, -0.15) is 0 Å². The zero-order valence-electron chi connectivity index (χ0n) is 19.8. The van der Waals surface area contributed by atoms with Crippen LogP contribution in [-0.4, -0.2) is 56.4 Å². The van der Waals surface area contributed by atoms with Gasteiger partial charge in [0.15, 0.2) is 17.3 Å². The first kappa shape index (κ1) is 21.9. The largest absolute Gasteiger partial charge is 0.486 e. The molecular weight excluding hydrogens is 420 g/mol. The van der Waals surface area contributed by atoms with E-state index in [-0.39, 0.29) is 17.1 Å². The average molecular weight is 453 g/mol. The molecule has 0 aliphatic carbocycles. The maximum atomic E-state index is 13.4. The number of pyridine rings is 1. The SMILES string of the molecule is CCC(C)(C)n1nnnc1[C@@H](c1cc2cc3c(cc2[nH]c1=O)OCCO3)N1CCC(C)CC1. The number of hydrogen-bond donors (Lipinski definition) is 1. The fourth-order valence-electron chi connectivity index (χ4n) is 4.69. The first-order valence-electron chi connectivity index (χ1n) is 11.9. The Kier molecular flexibility index (Phi) is 5.60. The Morgan fingerprint density at radius 3 is 2.55 bits per heavy atom. The molecule has 1 aromatic carbocycles. The van der Waals surface area contributed by atoms with E-state index >= 15 is 0 Å². The number of likely N-dealkylation sites (tertiary alicyclic amines) is 1. The fraction of sp³-hybridized carbons (Fsp3) is 0.583. The molecule has 0 saturated carbocycles. The summed E-state index contributed by atoms with van der Waals surface area (Å²) >= 11 is 0. The van der Waals surface area contributed by atoms with Crippen LogP contribution < -0.4 is 15.0 Å². The first-order chi connectivity index (χ1) is 15.9. The van der Waals surface area contributed by atoms with Crippen molar-refractivity contribution in [2.24, 2.45) is 5.92 Å². The van der Waals surface area contributed by atoms with Crippen LogP contribution in [0.3, 0.4) is 0 Å². The molecule has 9 nitrogen and oxygen atoms in total. The molecule has 176 valence electrons. The molecule has 2 aliphatic heterocycles. The van der Waals surface area contributed by atoms with Crippen molar-refractivity contribution >= 4 is 10.9 Å². The van der Waals surface area contributed by atoms with E-state index in [9.17, 15) is 4.79 Å². The molecule has 0 radical (unpaired) electrons. The quantitative estimate of drug-likeness (QED) is 0.634. The molecule has 5 rings (SSSR count). The third-order valence-electron chi connectivity index (χ3n) is 7.19. The Balaban J connectivity index is 1.66. The van der Waals surface area contributed by atoms with Gasteiger partial charge in [0.2, 0.25) is 0 Å². The number of aromatic nitrogens is 5. The van der Waals surface area contributed by atoms with E-state index in [0.29, 0.717) is 42.0 Å². The smallest absolute Gasteiger partial charge is 0.253 e. The topological polar surface area (TPSA) is 98.2 Å². The lowest BCUT2D eigenvalue weighted by Crippen LogP contribution is -2.41. The van der Waals surface area contributed by atoms with Crippen molar-refractivity contribution in [1.82, 2.24) is 30.1 Å². The Hall–Kier alpha value is -2.94. The van der Waals surface area contributed by atoms with Gasteiger partial charge >= 0.3 is 0 Å². The lowest BCUT2D eigenvalue weighted by Gasteiger charge is -2.37. The van der Waals surface area contributed by atoms with Gasteiger partial charge in [-0.3, -0.25) is 9.69 Å². The highest BCUT2D eigenvalue weighted by atomic mass is 16.6. The highest BCUT2D eigenvalue weighted by Crippen LogP contribution is 2.36. The highest BCUT2D eigenvalue weighted by molar-refractivity contribution is 5.83. The van der Waals surface area contributed by atoms with Crippen molar-refractivity contribution in [2.75, 3.05) is 26.3 Å². The Bertz CT molecular complexity index is 1210. The molecule has 33 heavy (non-hydrogen) atoms. The number of fused-ring (bicyclic) bond motifs is 2. The standard InChI is InChI=1S/C24H32N6O3/c1-5-24(3,4)30-22(26-27-28-30)21(29-8-6-15(2)7-9-29)17-12-16-13-19-20(33-11-10-32-19)14-18(16)25-23(17)31/h12-15,21H,5-11H2,1-4H3,(H,25,31)/t21-/m1/s1. The molecular formula is C24H32N6O3. The number of nitrogens with zero attached hydrogens (tertiary/aromatic N) is 5. The van der Waals surface area contributed by atoms with Gasteiger partial charge in [0, 0.05) is 17.0 Å². The lowest BCUT2D eigenvalue weighted by molar-refractivity contribution is 0.143. The Morgan fingerprint density at radius 2 is 1.85 bits per heavy atom. The van der Waals surface area contributed by atoms with Crippen molar-refractivity contribution < 1.29 is 9.47 Å². The molecule has 0 spiro atoms. The van der Waals surface area contributed by atoms with Gasteiger partial charge in [0.05, 0.1) is 11.1 Å². The summed E-state index contributed by atoms with van der Waals surface area (Å²) in [6.07, 6.45) is 3.03. The molecule has 1 atom stereocenters. The van der Waals surface area contributed by atoms with Gasteiger partial charge < -0.3 is 14.5 Å². The maximum absolute atomic E-state index is 13.4. The number of nitrogens with one attached hydrogen (secondary N) is 1. The third kappa shape index (κ3) is 3.99. The van der Waals surface area contributed by atoms with Crippen LogP contribution in [0.1, 0.15) is 64.4 Å². The Labute approximate surface area is 193 Å². The summed E-state index contributed by atoms with van der Waals surface area (Å²) in [5.41, 5.74) is 0.976. The fourth-order valence-corrected chi connectivity index (χ4v) is 4.69. The van der Waals surface area contributed by atoms with Crippen molar-refractivity contribution in [2.45, 2.75) is 58.5 Å². The number of rotatable bonds is 5. The number of benzene rings is 1. The molecule has 9 heteroatoms. The molecule has 0 unspecified atom stereocenters. The van der Waals surface area contributed by atoms with Crippen molar-refractivity contribution in [3.05, 3.63) is 39.9 Å². The van der Waals surface area contributed by atoms with Gasteiger partial charge in [-0.25, -0.2) is 4.68 Å². The number of aromatic amines is 1. The molecule has 0 amide bonds. The zero-order valence-corrected chi connectivity index (χ0v) is 19.8. The molecule has 2 aliphatic rings. The lowest BCUT2D eigenvalue weighted by atomic mass is 9.94. The number of piperidine rings is 1. The predicted molar refractivity (Wildman–Crippen MR) is 125 cm³/mol. The number of hydrogen-bond acceptors (Lipinski definition) is 7. The van der Waals surface area contributed by atoms with Crippen molar-refractivity contribution in [3.8, 4) is 11.5 Å². The van der Waals surface area contributed by atoms with Crippen LogP contribution in [0.15, 0.2) is 23.0 Å². The molecule has 3 aromatic rings. The molecule has 1 N–H and O–H groups in total. The summed E-state index contributed by atoms with van der Waals surface area (Å²) < 4.78 is 13.4. The second-order valence-corrected chi connectivity index (χ2v) is 9.87. The van der Waals surface area contributed by atoms with Gasteiger partial charge in [-0.05, 0) is 74.7 Å². The third-order valence-corrected chi connectivity index (χ3v) is 7.19. The van der Waals surface area contributed by atoms with Crippen LogP contribution >= 0.6 is 0 Å². The minimum Gasteiger partial charge on any atom is -0.486 e. The van der Waals surface area contributed by atoms with Gasteiger partial charge in [0.25, 0.3) is 5.56 Å². The second-order valence-electron chi connectivity index (χ2n) is 9.87. The van der Waals surface area contributed by atoms with E-state index < -0.39 is 0 Å². The van der Waals surface area contributed by atoms with Gasteiger partial charge in [-0.15, -0.1) is 5.10 Å². The predicted octanol–water partition coefficient (Wildman–Crippen LogP) is 3.25. The van der Waals surface area contributed by atoms with E-state index in [4.69, 9.17) is 9.47 Å². The van der Waals surface area contributed by atoms with Crippen LogP contribution in [0, 0.1) is 5.92 Å². The molecule has 1 fully saturated rings. The van der Waals surface area contributed by atoms with Crippen molar-refractivity contribution in [1.29, 1.82) is 0 Å². The van der Waals surface area contributed by atoms with E-state index in [0.717, 1.165) is 43.3 Å². The summed E-state index contributed by atoms with van der Waals surface area (Å²) in [6, 6.07) is 5.42. The minimum atomic E-state index is -0.334. The van der Waals surface area contributed by atoms with Gasteiger partial charge in [-0.1, -0.05) is 13.8 Å². The maximum Gasteiger partial charge on any atom is 0.253 e. The van der Waals surface area contributed by atoms with Crippen LogP contribution in [0.5, 0.6) is 11.5 Å². The normalized spacial score (nSPS) is 18.5. The van der Waals surface area contributed by atoms with Crippen LogP contribution in [0.25, 0.3) is 10.9 Å². The summed E-state index contributed by atoms with van der Waals surface area (Å²) in [5, 5.41) is 13.7. The average Bonchev–Trinajstić information content (AvgIpc) is 3.30. The highest BCUT2D eigenvalue weighted by Gasteiger charge is 2.35. The van der Waals surface area contributed by atoms with Crippen LogP contribution in [0.4, 0.5) is 0 Å². The first-order valence-corrected chi connectivity index (χ1v) is 11.9. The minimum absolute atomic E-state index is 0.133. The number of ether oxygens (including phenoxy) is 2. The summed E-state index contributed by atoms with van der Waals surface area (Å²) in [7, 11) is 0. The van der Waals surface area contributed by atoms with E-state index in [1.165, 1.54) is 0 Å². The second kappa shape index (κ2) is 8.44. The van der Waals surface area contributed by atoms with Crippen molar-refractivity contribution in [3.63, 3.8) is 0 Å². The van der Waals surface area contributed by atoms with Crippen LogP contribution in [0.2, 0.25) is 0 Å². The van der Waals surface area contributed by atoms with E-state index in [1.54, 1.807) is 0 Å². The molecule has 4 heterocycles. The number of tetrazole rings is 1. The Morgan fingerprint density at radius 1 is 1.15 bits per heavy atom. The van der Waals surface area contributed by atoms with E-state index in [1.807, 2.05) is 22.9 Å². The summed E-state index contributed by atoms with van der Waals surface area (Å²) in [6.45, 7) is 11.5. The van der Waals surface area contributed by atoms with E-state index in [2.05, 4.69) is 53.1 Å². The number of H-pyrrole nitrogens is 1. The summed E-state index contributed by atoms with van der Waals surface area (Å²) in [4.78, 5) is 18.9. The molecule has 2 aromatic heterocycles. The monoisotopic (exact) mass is 452 g/mol. The van der Waals surface area contributed by atoms with Crippen LogP contribution in [-0.2, 0) is 5.54 Å². The summed E-state index contributed by atoms with van der Waals surface area (Å²) in [5.74, 6) is 2.74. The zero-order chi connectivity index (χ0) is 23.2. The van der Waals surface area contributed by atoms with Gasteiger partial charge in [0.1, 0.15) is 19.3 Å². The molecule has 0 bridgehead atoms.